The van der Waals surface area contributed by atoms with E-state index in [0.29, 0.717) is 29.2 Å². The molecule has 1 aliphatic heterocycles. The number of fused-ring (bicyclic) bond motifs is 1. The Morgan fingerprint density at radius 2 is 1.96 bits per heavy atom. The zero-order valence-electron chi connectivity index (χ0n) is 14.5. The Bertz CT molecular complexity index is 799. The summed E-state index contributed by atoms with van der Waals surface area (Å²) >= 11 is 0. The molecule has 0 aromatic heterocycles. The van der Waals surface area contributed by atoms with Crippen molar-refractivity contribution >= 4 is 6.08 Å². The molecule has 3 rings (SSSR count). The number of aromatic hydroxyl groups is 1. The zero-order valence-corrected chi connectivity index (χ0v) is 14.5. The minimum absolute atomic E-state index is 0.0649. The summed E-state index contributed by atoms with van der Waals surface area (Å²) in [5, 5.41) is 29.3. The van der Waals surface area contributed by atoms with Crippen molar-refractivity contribution in [3.8, 4) is 23.0 Å². The van der Waals surface area contributed by atoms with Crippen LogP contribution in [0.4, 0.5) is 0 Å². The van der Waals surface area contributed by atoms with Gasteiger partial charge < -0.3 is 29.5 Å². The highest BCUT2D eigenvalue weighted by atomic mass is 16.7. The van der Waals surface area contributed by atoms with Gasteiger partial charge in [-0.1, -0.05) is 18.2 Å². The van der Waals surface area contributed by atoms with Gasteiger partial charge in [-0.3, -0.25) is 0 Å². The fraction of sp³-hybridized carbons (Fsp3) is 0.300. The van der Waals surface area contributed by atoms with Gasteiger partial charge in [0.05, 0.1) is 20.3 Å². The number of hydrogen-bond donors (Lipinski definition) is 3. The van der Waals surface area contributed by atoms with Gasteiger partial charge >= 0.3 is 0 Å². The Morgan fingerprint density at radius 1 is 1.15 bits per heavy atom. The molecule has 0 amide bonds. The van der Waals surface area contributed by atoms with Gasteiger partial charge in [-0.05, 0) is 47.4 Å². The van der Waals surface area contributed by atoms with Gasteiger partial charge in [0.25, 0.3) is 0 Å². The Morgan fingerprint density at radius 3 is 2.69 bits per heavy atom. The van der Waals surface area contributed by atoms with Crippen LogP contribution in [0.15, 0.2) is 42.0 Å². The monoisotopic (exact) mass is 358 g/mol. The predicted octanol–water partition coefficient (Wildman–Crippen LogP) is 2.36. The standard InChI is InChI=1S/C20H22O6/c1-24-19-8-13(2-4-17(19)23)6-15(10-21)16(11-22)7-14-3-5-18-20(9-14)26-12-25-18/h2-5,7-9,15,21-23H,6,10-12H2,1H3. The molecule has 138 valence electrons. The number of aliphatic hydroxyl groups is 2. The van der Waals surface area contributed by atoms with Crippen LogP contribution in [0, 0.1) is 5.92 Å². The summed E-state index contributed by atoms with van der Waals surface area (Å²) in [4.78, 5) is 0. The highest BCUT2D eigenvalue weighted by Gasteiger charge is 2.17. The third kappa shape index (κ3) is 3.92. The maximum Gasteiger partial charge on any atom is 0.231 e. The first kappa shape index (κ1) is 18.1. The van der Waals surface area contributed by atoms with Gasteiger partial charge in [0, 0.05) is 5.92 Å². The third-order valence-electron chi connectivity index (χ3n) is 4.40. The highest BCUT2D eigenvalue weighted by Crippen LogP contribution is 2.34. The first-order valence-corrected chi connectivity index (χ1v) is 8.32. The minimum atomic E-state index is -0.264. The van der Waals surface area contributed by atoms with Gasteiger partial charge in [-0.25, -0.2) is 0 Å². The molecule has 0 aliphatic carbocycles. The van der Waals surface area contributed by atoms with Gasteiger partial charge in [0.1, 0.15) is 0 Å². The molecule has 0 saturated carbocycles. The number of aliphatic hydroxyl groups excluding tert-OH is 2. The molecule has 1 aliphatic rings. The maximum atomic E-state index is 9.83. The summed E-state index contributed by atoms with van der Waals surface area (Å²) in [5.74, 6) is 1.54. The Balaban J connectivity index is 1.82. The Labute approximate surface area is 151 Å². The lowest BCUT2D eigenvalue weighted by Crippen LogP contribution is -2.15. The van der Waals surface area contributed by atoms with Crippen LogP contribution in [0.25, 0.3) is 6.08 Å². The van der Waals surface area contributed by atoms with Gasteiger partial charge in [0.2, 0.25) is 6.79 Å². The Kier molecular flexibility index (Phi) is 5.65. The van der Waals surface area contributed by atoms with Crippen LogP contribution in [0.1, 0.15) is 11.1 Å². The lowest BCUT2D eigenvalue weighted by Gasteiger charge is -2.18. The number of hydrogen-bond acceptors (Lipinski definition) is 6. The van der Waals surface area contributed by atoms with E-state index in [1.807, 2.05) is 24.3 Å². The number of benzene rings is 2. The summed E-state index contributed by atoms with van der Waals surface area (Å²) in [6.07, 6.45) is 2.35. The number of phenolic OH excluding ortho intramolecular Hbond substituents is 1. The van der Waals surface area contributed by atoms with Crippen LogP contribution >= 0.6 is 0 Å². The summed E-state index contributed by atoms with van der Waals surface area (Å²) < 4.78 is 15.8. The van der Waals surface area contributed by atoms with E-state index in [1.54, 1.807) is 18.2 Å². The fourth-order valence-corrected chi connectivity index (χ4v) is 2.96. The molecule has 6 heteroatoms. The molecule has 0 spiro atoms. The van der Waals surface area contributed by atoms with Crippen molar-refractivity contribution in [1.82, 2.24) is 0 Å². The normalized spacial score (nSPS) is 14.3. The second kappa shape index (κ2) is 8.12. The van der Waals surface area contributed by atoms with Crippen LogP contribution in [0.2, 0.25) is 0 Å². The van der Waals surface area contributed by atoms with E-state index in [0.717, 1.165) is 11.1 Å². The third-order valence-corrected chi connectivity index (χ3v) is 4.40. The van der Waals surface area contributed by atoms with Crippen molar-refractivity contribution in [2.75, 3.05) is 27.1 Å². The van der Waals surface area contributed by atoms with E-state index >= 15 is 0 Å². The minimum Gasteiger partial charge on any atom is -0.504 e. The summed E-state index contributed by atoms with van der Waals surface area (Å²) in [5.41, 5.74) is 2.46. The first-order valence-electron chi connectivity index (χ1n) is 8.32. The lowest BCUT2D eigenvalue weighted by molar-refractivity contribution is 0.174. The first-order chi connectivity index (χ1) is 12.6. The van der Waals surface area contributed by atoms with Gasteiger partial charge in [-0.15, -0.1) is 0 Å². The SMILES string of the molecule is COc1cc(CC(CO)C(=Cc2ccc3c(c2)OCO3)CO)ccc1O. The molecule has 0 radical (unpaired) electrons. The van der Waals surface area contributed by atoms with Crippen molar-refractivity contribution in [2.45, 2.75) is 6.42 Å². The molecule has 2 aromatic rings. The molecular weight excluding hydrogens is 336 g/mol. The van der Waals surface area contributed by atoms with E-state index in [-0.39, 0.29) is 31.7 Å². The van der Waals surface area contributed by atoms with Crippen LogP contribution in [-0.2, 0) is 6.42 Å². The molecule has 0 bridgehead atoms. The smallest absolute Gasteiger partial charge is 0.231 e. The molecule has 3 N–H and O–H groups in total. The fourth-order valence-electron chi connectivity index (χ4n) is 2.96. The molecule has 6 nitrogen and oxygen atoms in total. The molecule has 26 heavy (non-hydrogen) atoms. The van der Waals surface area contributed by atoms with Gasteiger partial charge in [0.15, 0.2) is 23.0 Å². The number of rotatable bonds is 7. The van der Waals surface area contributed by atoms with Crippen LogP contribution in [0.3, 0.4) is 0 Å². The van der Waals surface area contributed by atoms with Crippen molar-refractivity contribution in [3.63, 3.8) is 0 Å². The molecule has 0 fully saturated rings. The second-order valence-corrected chi connectivity index (χ2v) is 6.08. The van der Waals surface area contributed by atoms with E-state index in [2.05, 4.69) is 0 Å². The maximum absolute atomic E-state index is 9.83. The average Bonchev–Trinajstić information content (AvgIpc) is 3.13. The number of ether oxygens (including phenoxy) is 3. The largest absolute Gasteiger partial charge is 0.504 e. The van der Waals surface area contributed by atoms with Crippen molar-refractivity contribution < 1.29 is 29.5 Å². The molecule has 1 unspecified atom stereocenters. The van der Waals surface area contributed by atoms with E-state index in [9.17, 15) is 15.3 Å². The summed E-state index contributed by atoms with van der Waals surface area (Å²) in [6, 6.07) is 10.6. The van der Waals surface area contributed by atoms with Crippen LogP contribution < -0.4 is 14.2 Å². The number of methoxy groups -OCH3 is 1. The summed E-state index contributed by atoms with van der Waals surface area (Å²) in [7, 11) is 1.49. The summed E-state index contributed by atoms with van der Waals surface area (Å²) in [6.45, 7) is -0.0771. The van der Waals surface area contributed by atoms with E-state index in [1.165, 1.54) is 7.11 Å². The van der Waals surface area contributed by atoms with Crippen LogP contribution in [0.5, 0.6) is 23.0 Å². The Hall–Kier alpha value is -2.70. The molecule has 0 saturated heterocycles. The van der Waals surface area contributed by atoms with Crippen molar-refractivity contribution in [3.05, 3.63) is 53.1 Å². The average molecular weight is 358 g/mol. The van der Waals surface area contributed by atoms with E-state index < -0.39 is 0 Å². The number of phenols is 1. The van der Waals surface area contributed by atoms with Crippen LogP contribution in [-0.4, -0.2) is 42.4 Å². The van der Waals surface area contributed by atoms with Crippen molar-refractivity contribution in [1.29, 1.82) is 0 Å². The predicted molar refractivity (Wildman–Crippen MR) is 96.6 cm³/mol. The zero-order chi connectivity index (χ0) is 18.5. The topological polar surface area (TPSA) is 88.4 Å². The van der Waals surface area contributed by atoms with Crippen molar-refractivity contribution in [2.24, 2.45) is 5.92 Å². The highest BCUT2D eigenvalue weighted by molar-refractivity contribution is 5.59. The van der Waals surface area contributed by atoms with Gasteiger partial charge in [-0.2, -0.15) is 0 Å². The molecule has 1 heterocycles. The molecule has 2 aromatic carbocycles. The molecule has 1 atom stereocenters. The molecular formula is C20H22O6. The van der Waals surface area contributed by atoms with E-state index in [4.69, 9.17) is 14.2 Å². The quantitative estimate of drug-likeness (QED) is 0.704. The second-order valence-electron chi connectivity index (χ2n) is 6.08. The lowest BCUT2D eigenvalue weighted by atomic mass is 9.91.